The molecule has 1 fully saturated rings. The van der Waals surface area contributed by atoms with Crippen molar-refractivity contribution in [2.24, 2.45) is 7.05 Å². The number of hydrogen-bond donors (Lipinski definition) is 0. The van der Waals surface area contributed by atoms with E-state index in [0.717, 1.165) is 5.82 Å². The minimum atomic E-state index is -0.452. The summed E-state index contributed by atoms with van der Waals surface area (Å²) in [6.07, 6.45) is 1.42. The highest BCUT2D eigenvalue weighted by atomic mass is 16.6. The minimum absolute atomic E-state index is 0.0998. The molecule has 0 unspecified atom stereocenters. The molecule has 1 saturated heterocycles. The minimum Gasteiger partial charge on any atom is -0.444 e. The lowest BCUT2D eigenvalue weighted by atomic mass is 9.89. The molecule has 100 valence electrons. The lowest BCUT2D eigenvalue weighted by molar-refractivity contribution is -0.0113. The van der Waals surface area contributed by atoms with E-state index < -0.39 is 5.60 Å². The summed E-state index contributed by atoms with van der Waals surface area (Å²) in [7, 11) is 1.91. The molecule has 1 aromatic heterocycles. The number of likely N-dealkylation sites (tertiary alicyclic amines) is 1. The second kappa shape index (κ2) is 4.26. The van der Waals surface area contributed by atoms with Crippen molar-refractivity contribution in [1.82, 2.24) is 19.7 Å². The third kappa shape index (κ3) is 2.32. The number of rotatable bonds is 1. The fourth-order valence-corrected chi connectivity index (χ4v) is 2.10. The van der Waals surface area contributed by atoms with E-state index in [4.69, 9.17) is 4.74 Å². The van der Waals surface area contributed by atoms with Crippen LogP contribution in [-0.4, -0.2) is 43.9 Å². The van der Waals surface area contributed by atoms with Gasteiger partial charge >= 0.3 is 6.09 Å². The fourth-order valence-electron chi connectivity index (χ4n) is 2.10. The molecule has 0 aliphatic carbocycles. The molecule has 0 radical (unpaired) electrons. The first-order valence-electron chi connectivity index (χ1n) is 6.13. The number of aryl methyl sites for hydroxylation is 1. The SMILES string of the molecule is C[C@@H]1[C@@H](c2nncn2C)CN1C(=O)OC(C)(C)C. The van der Waals surface area contributed by atoms with Crippen LogP contribution in [0.3, 0.4) is 0 Å². The highest BCUT2D eigenvalue weighted by Gasteiger charge is 2.43. The molecular weight excluding hydrogens is 232 g/mol. The van der Waals surface area contributed by atoms with Crippen molar-refractivity contribution in [3.63, 3.8) is 0 Å². The number of aromatic nitrogens is 3. The molecule has 1 amide bonds. The molecule has 0 N–H and O–H groups in total. The summed E-state index contributed by atoms with van der Waals surface area (Å²) in [6, 6.07) is 0.0998. The first-order valence-corrected chi connectivity index (χ1v) is 6.13. The second-order valence-corrected chi connectivity index (χ2v) is 5.78. The van der Waals surface area contributed by atoms with Crippen LogP contribution in [0.4, 0.5) is 4.79 Å². The third-order valence-corrected chi connectivity index (χ3v) is 3.17. The normalized spacial score (nSPS) is 23.7. The van der Waals surface area contributed by atoms with Gasteiger partial charge in [0.1, 0.15) is 17.8 Å². The quantitative estimate of drug-likeness (QED) is 0.760. The van der Waals surface area contributed by atoms with E-state index >= 15 is 0 Å². The number of carbonyl (C=O) groups is 1. The van der Waals surface area contributed by atoms with E-state index in [2.05, 4.69) is 10.2 Å². The Morgan fingerprint density at radius 3 is 2.61 bits per heavy atom. The molecule has 6 nitrogen and oxygen atoms in total. The lowest BCUT2D eigenvalue weighted by Crippen LogP contribution is -2.57. The number of carbonyl (C=O) groups excluding carboxylic acids is 1. The number of hydrogen-bond acceptors (Lipinski definition) is 4. The smallest absolute Gasteiger partial charge is 0.410 e. The van der Waals surface area contributed by atoms with Crippen LogP contribution in [0.5, 0.6) is 0 Å². The van der Waals surface area contributed by atoms with Gasteiger partial charge in [-0.2, -0.15) is 0 Å². The third-order valence-electron chi connectivity index (χ3n) is 3.17. The predicted octanol–water partition coefficient (Wildman–Crippen LogP) is 1.54. The number of nitrogens with zero attached hydrogens (tertiary/aromatic N) is 4. The molecular formula is C12H20N4O2. The maximum atomic E-state index is 11.9. The highest BCUT2D eigenvalue weighted by molar-refractivity contribution is 5.70. The predicted molar refractivity (Wildman–Crippen MR) is 66.1 cm³/mol. The van der Waals surface area contributed by atoms with Crippen molar-refractivity contribution in [3.05, 3.63) is 12.2 Å². The monoisotopic (exact) mass is 252 g/mol. The number of amides is 1. The van der Waals surface area contributed by atoms with Crippen LogP contribution in [0.2, 0.25) is 0 Å². The molecule has 1 aromatic rings. The summed E-state index contributed by atoms with van der Waals surface area (Å²) in [5.41, 5.74) is -0.452. The zero-order chi connectivity index (χ0) is 13.5. The van der Waals surface area contributed by atoms with Gasteiger partial charge < -0.3 is 14.2 Å². The van der Waals surface area contributed by atoms with E-state index in [1.54, 1.807) is 11.2 Å². The first-order chi connectivity index (χ1) is 8.29. The Morgan fingerprint density at radius 1 is 1.50 bits per heavy atom. The van der Waals surface area contributed by atoms with Gasteiger partial charge in [0.15, 0.2) is 0 Å². The Hall–Kier alpha value is -1.59. The van der Waals surface area contributed by atoms with Crippen LogP contribution in [0.25, 0.3) is 0 Å². The summed E-state index contributed by atoms with van der Waals surface area (Å²) in [5, 5.41) is 7.96. The van der Waals surface area contributed by atoms with Crippen LogP contribution in [0.15, 0.2) is 6.33 Å². The van der Waals surface area contributed by atoms with Gasteiger partial charge in [0.25, 0.3) is 0 Å². The van der Waals surface area contributed by atoms with Crippen LogP contribution in [0, 0.1) is 0 Å². The van der Waals surface area contributed by atoms with Gasteiger partial charge in [-0.05, 0) is 27.7 Å². The van der Waals surface area contributed by atoms with E-state index in [9.17, 15) is 4.79 Å². The number of ether oxygens (including phenoxy) is 1. The van der Waals surface area contributed by atoms with E-state index in [-0.39, 0.29) is 18.1 Å². The summed E-state index contributed by atoms with van der Waals surface area (Å²) in [6.45, 7) is 8.26. The van der Waals surface area contributed by atoms with Gasteiger partial charge in [-0.3, -0.25) is 0 Å². The van der Waals surface area contributed by atoms with Gasteiger partial charge in [0, 0.05) is 19.6 Å². The zero-order valence-electron chi connectivity index (χ0n) is 11.5. The molecule has 2 heterocycles. The van der Waals surface area contributed by atoms with Crippen LogP contribution < -0.4 is 0 Å². The van der Waals surface area contributed by atoms with Crippen molar-refractivity contribution < 1.29 is 9.53 Å². The molecule has 0 bridgehead atoms. The second-order valence-electron chi connectivity index (χ2n) is 5.78. The molecule has 0 aromatic carbocycles. The van der Waals surface area contributed by atoms with E-state index in [1.165, 1.54) is 0 Å². The van der Waals surface area contributed by atoms with Crippen molar-refractivity contribution in [3.8, 4) is 0 Å². The lowest BCUT2D eigenvalue weighted by Gasteiger charge is -2.45. The van der Waals surface area contributed by atoms with E-state index in [0.29, 0.717) is 6.54 Å². The summed E-state index contributed by atoms with van der Waals surface area (Å²) >= 11 is 0. The fraction of sp³-hybridized carbons (Fsp3) is 0.750. The Balaban J connectivity index is 1.98. The van der Waals surface area contributed by atoms with Gasteiger partial charge in [0.2, 0.25) is 0 Å². The average Bonchev–Trinajstić information content (AvgIpc) is 2.60. The zero-order valence-corrected chi connectivity index (χ0v) is 11.5. The van der Waals surface area contributed by atoms with Gasteiger partial charge in [-0.1, -0.05) is 0 Å². The van der Waals surface area contributed by atoms with Crippen molar-refractivity contribution in [2.45, 2.75) is 45.3 Å². The average molecular weight is 252 g/mol. The Kier molecular flexibility index (Phi) is 3.04. The van der Waals surface area contributed by atoms with Crippen molar-refractivity contribution in [1.29, 1.82) is 0 Å². The topological polar surface area (TPSA) is 60.2 Å². The molecule has 1 aliphatic heterocycles. The Bertz CT molecular complexity index is 449. The molecule has 2 rings (SSSR count). The van der Waals surface area contributed by atoms with Crippen LogP contribution in [-0.2, 0) is 11.8 Å². The van der Waals surface area contributed by atoms with Crippen molar-refractivity contribution in [2.75, 3.05) is 6.54 Å². The summed E-state index contributed by atoms with van der Waals surface area (Å²) in [4.78, 5) is 13.6. The molecule has 6 heteroatoms. The van der Waals surface area contributed by atoms with Crippen molar-refractivity contribution >= 4 is 6.09 Å². The first kappa shape index (κ1) is 12.9. The Morgan fingerprint density at radius 2 is 2.17 bits per heavy atom. The van der Waals surface area contributed by atoms with Crippen LogP contribution in [0.1, 0.15) is 39.4 Å². The molecule has 0 saturated carbocycles. The molecule has 18 heavy (non-hydrogen) atoms. The summed E-state index contributed by atoms with van der Waals surface area (Å²) < 4.78 is 7.25. The standard InChI is InChI=1S/C12H20N4O2/c1-8-9(10-14-13-7-15(10)5)6-16(8)11(17)18-12(2,3)4/h7-9H,6H2,1-5H3/t8-,9+/m1/s1. The molecule has 1 aliphatic rings. The van der Waals surface area contributed by atoms with Gasteiger partial charge in [0.05, 0.1) is 5.92 Å². The maximum absolute atomic E-state index is 11.9. The molecule has 0 spiro atoms. The maximum Gasteiger partial charge on any atom is 0.410 e. The largest absolute Gasteiger partial charge is 0.444 e. The van der Waals surface area contributed by atoms with Gasteiger partial charge in [-0.25, -0.2) is 4.79 Å². The summed E-state index contributed by atoms with van der Waals surface area (Å²) in [5.74, 6) is 1.16. The van der Waals surface area contributed by atoms with Crippen LogP contribution >= 0.6 is 0 Å². The highest BCUT2D eigenvalue weighted by Crippen LogP contribution is 2.33. The van der Waals surface area contributed by atoms with E-state index in [1.807, 2.05) is 39.3 Å². The molecule has 2 atom stereocenters. The van der Waals surface area contributed by atoms with Gasteiger partial charge in [-0.15, -0.1) is 10.2 Å². The Labute approximate surface area is 107 Å².